The predicted octanol–water partition coefficient (Wildman–Crippen LogP) is 4.10. The van der Waals surface area contributed by atoms with Crippen LogP contribution in [0, 0.1) is 11.3 Å². The largest absolute Gasteiger partial charge is 0.481 e. The normalized spacial score (nSPS) is 27.1. The maximum atomic E-state index is 11.3. The number of carbonyl (C=O) groups is 1. The molecule has 0 heterocycles. The fourth-order valence-electron chi connectivity index (χ4n) is 4.38. The standard InChI is InChI=1S/C25H38N2O3/c1-25(2,24(28)29)17-26-20-9-11-21(12-10-20)27-23-16-22(23)19(13-14-30-3)15-18-7-5-4-6-8-18/h4-8,15,20-23,26-27H,9-14,16-17H2,1-3H3,(H,28,29)/t20?,21?,22-,23+/m0/s1. The highest BCUT2D eigenvalue weighted by Crippen LogP contribution is 2.41. The predicted molar refractivity (Wildman–Crippen MR) is 121 cm³/mol. The molecule has 2 atom stereocenters. The Morgan fingerprint density at radius 3 is 2.47 bits per heavy atom. The third-order valence-corrected chi connectivity index (χ3v) is 6.60. The Labute approximate surface area is 181 Å². The lowest BCUT2D eigenvalue weighted by Crippen LogP contribution is -2.45. The van der Waals surface area contributed by atoms with E-state index in [1.54, 1.807) is 21.0 Å². The molecule has 3 N–H and O–H groups in total. The van der Waals surface area contributed by atoms with Gasteiger partial charge in [-0.2, -0.15) is 0 Å². The van der Waals surface area contributed by atoms with Crippen molar-refractivity contribution in [2.45, 2.75) is 70.5 Å². The van der Waals surface area contributed by atoms with Crippen LogP contribution in [0.4, 0.5) is 0 Å². The first-order chi connectivity index (χ1) is 14.4. The van der Waals surface area contributed by atoms with Gasteiger partial charge in [0.1, 0.15) is 0 Å². The second-order valence-electron chi connectivity index (χ2n) is 9.61. The van der Waals surface area contributed by atoms with E-state index in [-0.39, 0.29) is 0 Å². The zero-order valence-electron chi connectivity index (χ0n) is 18.7. The van der Waals surface area contributed by atoms with E-state index in [4.69, 9.17) is 4.74 Å². The molecule has 0 saturated heterocycles. The van der Waals surface area contributed by atoms with Gasteiger partial charge in [-0.1, -0.05) is 42.0 Å². The van der Waals surface area contributed by atoms with Gasteiger partial charge in [-0.25, -0.2) is 0 Å². The molecular weight excluding hydrogens is 376 g/mol. The molecule has 2 aliphatic carbocycles. The summed E-state index contributed by atoms with van der Waals surface area (Å²) in [5, 5.41) is 16.6. The smallest absolute Gasteiger partial charge is 0.310 e. The lowest BCUT2D eigenvalue weighted by atomic mass is 9.88. The highest BCUT2D eigenvalue weighted by Gasteiger charge is 2.41. The maximum absolute atomic E-state index is 11.3. The third kappa shape index (κ3) is 6.66. The van der Waals surface area contributed by atoms with Gasteiger partial charge in [0.2, 0.25) is 0 Å². The lowest BCUT2D eigenvalue weighted by molar-refractivity contribution is -0.146. The molecule has 0 amide bonds. The SMILES string of the molecule is COCCC(=Cc1ccccc1)[C@@H]1C[C@H]1NC1CCC(NCC(C)(C)C(=O)O)CC1. The molecule has 5 nitrogen and oxygen atoms in total. The number of hydrogen-bond acceptors (Lipinski definition) is 4. The van der Waals surface area contributed by atoms with Crippen molar-refractivity contribution >= 4 is 12.0 Å². The molecule has 2 saturated carbocycles. The number of carboxylic acids is 1. The van der Waals surface area contributed by atoms with E-state index >= 15 is 0 Å². The summed E-state index contributed by atoms with van der Waals surface area (Å²) >= 11 is 0. The van der Waals surface area contributed by atoms with Crippen molar-refractivity contribution in [1.29, 1.82) is 0 Å². The summed E-state index contributed by atoms with van der Waals surface area (Å²) in [5.41, 5.74) is 2.05. The monoisotopic (exact) mass is 414 g/mol. The number of nitrogens with one attached hydrogen (secondary N) is 2. The first-order valence-electron chi connectivity index (χ1n) is 11.4. The number of aliphatic carboxylic acids is 1. The second-order valence-corrected chi connectivity index (χ2v) is 9.61. The summed E-state index contributed by atoms with van der Waals surface area (Å²) in [4.78, 5) is 11.3. The van der Waals surface area contributed by atoms with Crippen molar-refractivity contribution in [3.05, 3.63) is 41.5 Å². The van der Waals surface area contributed by atoms with Gasteiger partial charge in [-0.3, -0.25) is 4.79 Å². The summed E-state index contributed by atoms with van der Waals surface area (Å²) in [6.07, 6.45) is 9.09. The summed E-state index contributed by atoms with van der Waals surface area (Å²) in [6.45, 7) is 4.87. The van der Waals surface area contributed by atoms with Crippen LogP contribution in [0.5, 0.6) is 0 Å². The minimum Gasteiger partial charge on any atom is -0.481 e. The van der Waals surface area contributed by atoms with Gasteiger partial charge in [-0.15, -0.1) is 0 Å². The minimum atomic E-state index is -0.738. The number of rotatable bonds is 11. The van der Waals surface area contributed by atoms with Crippen LogP contribution in [0.15, 0.2) is 35.9 Å². The Morgan fingerprint density at radius 2 is 1.83 bits per heavy atom. The third-order valence-electron chi connectivity index (χ3n) is 6.60. The van der Waals surface area contributed by atoms with E-state index in [1.807, 2.05) is 0 Å². The highest BCUT2D eigenvalue weighted by atomic mass is 16.5. The molecule has 166 valence electrons. The summed E-state index contributed by atoms with van der Waals surface area (Å²) in [5.74, 6) is -0.120. The van der Waals surface area contributed by atoms with E-state index in [2.05, 4.69) is 47.0 Å². The van der Waals surface area contributed by atoms with Crippen LogP contribution < -0.4 is 10.6 Å². The summed E-state index contributed by atoms with van der Waals surface area (Å²) in [7, 11) is 1.77. The topological polar surface area (TPSA) is 70.6 Å². The van der Waals surface area contributed by atoms with Crippen LogP contribution in [0.25, 0.3) is 6.08 Å². The van der Waals surface area contributed by atoms with Gasteiger partial charge in [-0.05, 0) is 63.9 Å². The Morgan fingerprint density at radius 1 is 1.17 bits per heavy atom. The van der Waals surface area contributed by atoms with Crippen molar-refractivity contribution in [3.63, 3.8) is 0 Å². The van der Waals surface area contributed by atoms with E-state index < -0.39 is 11.4 Å². The van der Waals surface area contributed by atoms with Crippen LogP contribution in [-0.4, -0.2) is 49.5 Å². The average molecular weight is 415 g/mol. The van der Waals surface area contributed by atoms with Crippen molar-refractivity contribution in [1.82, 2.24) is 10.6 Å². The fourth-order valence-corrected chi connectivity index (χ4v) is 4.38. The van der Waals surface area contributed by atoms with Gasteiger partial charge < -0.3 is 20.5 Å². The van der Waals surface area contributed by atoms with Crippen LogP contribution in [0.2, 0.25) is 0 Å². The molecule has 0 aliphatic heterocycles. The first-order valence-corrected chi connectivity index (χ1v) is 11.4. The van der Waals surface area contributed by atoms with E-state index in [0.717, 1.165) is 38.7 Å². The Kier molecular flexibility index (Phi) is 8.09. The Bertz CT molecular complexity index is 708. The molecule has 1 aromatic carbocycles. The molecule has 0 bridgehead atoms. The first kappa shape index (κ1) is 23.0. The minimum absolute atomic E-state index is 0.437. The van der Waals surface area contributed by atoms with E-state index in [0.29, 0.717) is 30.6 Å². The van der Waals surface area contributed by atoms with Crippen LogP contribution in [0.1, 0.15) is 57.9 Å². The molecule has 0 spiro atoms. The van der Waals surface area contributed by atoms with Crippen molar-refractivity contribution in [3.8, 4) is 0 Å². The second kappa shape index (κ2) is 10.6. The van der Waals surface area contributed by atoms with Gasteiger partial charge in [0.25, 0.3) is 0 Å². The molecule has 3 rings (SSSR count). The number of ether oxygens (including phenoxy) is 1. The Balaban J connectivity index is 1.44. The average Bonchev–Trinajstić information content (AvgIpc) is 3.50. The van der Waals surface area contributed by atoms with Crippen molar-refractivity contribution in [2.75, 3.05) is 20.3 Å². The summed E-state index contributed by atoms with van der Waals surface area (Å²) < 4.78 is 5.34. The number of hydrogen-bond donors (Lipinski definition) is 3. The quantitative estimate of drug-likeness (QED) is 0.509. The molecule has 2 aliphatic rings. The maximum Gasteiger partial charge on any atom is 0.310 e. The molecular formula is C25H38N2O3. The lowest BCUT2D eigenvalue weighted by Gasteiger charge is -2.32. The molecule has 0 aromatic heterocycles. The number of methoxy groups -OCH3 is 1. The van der Waals surface area contributed by atoms with Gasteiger partial charge >= 0.3 is 5.97 Å². The highest BCUT2D eigenvalue weighted by molar-refractivity contribution is 5.73. The summed E-state index contributed by atoms with van der Waals surface area (Å²) in [6, 6.07) is 12.2. The molecule has 30 heavy (non-hydrogen) atoms. The Hall–Kier alpha value is -1.69. The van der Waals surface area contributed by atoms with E-state index in [9.17, 15) is 9.90 Å². The van der Waals surface area contributed by atoms with Crippen LogP contribution in [0.3, 0.4) is 0 Å². The van der Waals surface area contributed by atoms with Crippen LogP contribution >= 0.6 is 0 Å². The molecule has 5 heteroatoms. The zero-order chi connectivity index (χ0) is 21.6. The molecule has 1 aromatic rings. The van der Waals surface area contributed by atoms with Crippen molar-refractivity contribution < 1.29 is 14.6 Å². The van der Waals surface area contributed by atoms with Crippen molar-refractivity contribution in [2.24, 2.45) is 11.3 Å². The van der Waals surface area contributed by atoms with Gasteiger partial charge in [0.05, 0.1) is 5.41 Å². The molecule has 0 radical (unpaired) electrons. The number of carboxylic acid groups (broad SMARTS) is 1. The molecule has 0 unspecified atom stereocenters. The fraction of sp³-hybridized carbons (Fsp3) is 0.640. The van der Waals surface area contributed by atoms with E-state index in [1.165, 1.54) is 17.6 Å². The number of benzene rings is 1. The zero-order valence-corrected chi connectivity index (χ0v) is 18.7. The van der Waals surface area contributed by atoms with Crippen LogP contribution in [-0.2, 0) is 9.53 Å². The van der Waals surface area contributed by atoms with Gasteiger partial charge in [0.15, 0.2) is 0 Å². The molecule has 2 fully saturated rings. The van der Waals surface area contributed by atoms with Gasteiger partial charge in [0, 0.05) is 38.4 Å².